The molecule has 1 atom stereocenters. The predicted molar refractivity (Wildman–Crippen MR) is 81.1 cm³/mol. The molecule has 1 unspecified atom stereocenters. The number of imidazole rings is 1. The van der Waals surface area contributed by atoms with Crippen LogP contribution in [0.15, 0.2) is 37.2 Å². The molecule has 0 saturated carbocycles. The molecule has 0 radical (unpaired) electrons. The quantitative estimate of drug-likeness (QED) is 0.738. The van der Waals surface area contributed by atoms with Crippen LogP contribution in [0.4, 0.5) is 0 Å². The van der Waals surface area contributed by atoms with Gasteiger partial charge in [-0.25, -0.2) is 15.0 Å². The number of aliphatic hydroxyl groups is 1. The molecule has 0 saturated heterocycles. The molecule has 0 aliphatic rings. The molecule has 0 aromatic carbocycles. The second kappa shape index (κ2) is 6.59. The molecule has 3 heterocycles. The van der Waals surface area contributed by atoms with Gasteiger partial charge in [-0.3, -0.25) is 4.98 Å². The zero-order valence-electron chi connectivity index (χ0n) is 12.3. The summed E-state index contributed by atoms with van der Waals surface area (Å²) in [6.07, 6.45) is 7.24. The molecule has 0 spiro atoms. The highest BCUT2D eigenvalue weighted by molar-refractivity contribution is 5.86. The Labute approximate surface area is 127 Å². The highest BCUT2D eigenvalue weighted by atomic mass is 16.5. The average molecular weight is 299 g/mol. The van der Waals surface area contributed by atoms with Crippen molar-refractivity contribution in [1.29, 1.82) is 0 Å². The number of pyridine rings is 1. The lowest BCUT2D eigenvalue weighted by molar-refractivity contribution is 0.0405. The zero-order valence-corrected chi connectivity index (χ0v) is 12.3. The van der Waals surface area contributed by atoms with Crippen molar-refractivity contribution < 1.29 is 9.84 Å². The smallest absolute Gasteiger partial charge is 0.163 e. The molecule has 0 bridgehead atoms. The predicted octanol–water partition coefficient (Wildman–Crippen LogP) is 1.29. The normalized spacial score (nSPS) is 12.6. The first kappa shape index (κ1) is 14.6. The third kappa shape index (κ3) is 2.81. The number of hydrogen-bond donors (Lipinski definition) is 1. The van der Waals surface area contributed by atoms with E-state index >= 15 is 0 Å². The van der Waals surface area contributed by atoms with E-state index in [0.29, 0.717) is 13.0 Å². The Balaban J connectivity index is 1.92. The van der Waals surface area contributed by atoms with Crippen molar-refractivity contribution in [2.24, 2.45) is 0 Å². The first-order chi connectivity index (χ1) is 10.8. The van der Waals surface area contributed by atoms with Gasteiger partial charge in [0.05, 0.1) is 19.0 Å². The van der Waals surface area contributed by atoms with E-state index in [1.807, 2.05) is 16.7 Å². The van der Waals surface area contributed by atoms with Crippen LogP contribution >= 0.6 is 0 Å². The highest BCUT2D eigenvalue weighted by Gasteiger charge is 2.13. The van der Waals surface area contributed by atoms with Crippen LogP contribution in [0.3, 0.4) is 0 Å². The van der Waals surface area contributed by atoms with Crippen LogP contribution in [-0.2, 0) is 11.3 Å². The third-order valence-corrected chi connectivity index (χ3v) is 3.58. The summed E-state index contributed by atoms with van der Waals surface area (Å²) in [4.78, 5) is 17.1. The van der Waals surface area contributed by atoms with Crippen molar-refractivity contribution >= 4 is 11.2 Å². The molecular weight excluding hydrogens is 282 g/mol. The van der Waals surface area contributed by atoms with Gasteiger partial charge in [0, 0.05) is 31.6 Å². The Bertz CT molecular complexity index is 740. The molecule has 0 fully saturated rings. The Kier molecular flexibility index (Phi) is 4.36. The lowest BCUT2D eigenvalue weighted by Crippen LogP contribution is -2.18. The maximum Gasteiger partial charge on any atom is 0.163 e. The Morgan fingerprint density at radius 3 is 2.77 bits per heavy atom. The second-order valence-electron chi connectivity index (χ2n) is 4.90. The molecule has 3 aromatic rings. The van der Waals surface area contributed by atoms with Crippen molar-refractivity contribution in [3.8, 4) is 11.3 Å². The number of methoxy groups -OCH3 is 1. The Morgan fingerprint density at radius 1 is 1.23 bits per heavy atom. The van der Waals surface area contributed by atoms with Crippen LogP contribution in [-0.4, -0.2) is 49.4 Å². The van der Waals surface area contributed by atoms with Gasteiger partial charge in [-0.1, -0.05) is 0 Å². The number of hydrogen-bond acceptors (Lipinski definition) is 6. The van der Waals surface area contributed by atoms with Crippen LogP contribution in [0.2, 0.25) is 0 Å². The van der Waals surface area contributed by atoms with E-state index in [0.717, 1.165) is 22.4 Å². The van der Waals surface area contributed by atoms with Gasteiger partial charge < -0.3 is 14.4 Å². The topological polar surface area (TPSA) is 86.0 Å². The minimum Gasteiger partial charge on any atom is -0.394 e. The standard InChI is InChI=1S/C15H17N5O2/c1-22-12(8-21)4-7-20-10-19-14-13(17-9-18-15(14)20)11-2-5-16-6-3-11/h2-3,5-6,9-10,12,21H,4,7-8H2,1H3. The van der Waals surface area contributed by atoms with E-state index in [1.165, 1.54) is 6.33 Å². The van der Waals surface area contributed by atoms with Crippen molar-refractivity contribution in [1.82, 2.24) is 24.5 Å². The monoisotopic (exact) mass is 299 g/mol. The fourth-order valence-electron chi connectivity index (χ4n) is 2.33. The van der Waals surface area contributed by atoms with Crippen LogP contribution in [0, 0.1) is 0 Å². The van der Waals surface area contributed by atoms with Crippen LogP contribution in [0.1, 0.15) is 6.42 Å². The van der Waals surface area contributed by atoms with Crippen LogP contribution < -0.4 is 0 Å². The van der Waals surface area contributed by atoms with Crippen molar-refractivity contribution in [2.45, 2.75) is 19.1 Å². The fourth-order valence-corrected chi connectivity index (χ4v) is 2.33. The molecule has 114 valence electrons. The number of aliphatic hydroxyl groups excluding tert-OH is 1. The number of aryl methyl sites for hydroxylation is 1. The van der Waals surface area contributed by atoms with Gasteiger partial charge in [-0.15, -0.1) is 0 Å². The maximum atomic E-state index is 9.18. The SMILES string of the molecule is COC(CO)CCn1cnc2c(-c3ccncc3)ncnc21. The average Bonchev–Trinajstić information content (AvgIpc) is 3.00. The van der Waals surface area contributed by atoms with Gasteiger partial charge in [-0.2, -0.15) is 0 Å². The Hall–Kier alpha value is -2.38. The van der Waals surface area contributed by atoms with E-state index < -0.39 is 0 Å². The maximum absolute atomic E-state index is 9.18. The molecule has 22 heavy (non-hydrogen) atoms. The summed E-state index contributed by atoms with van der Waals surface area (Å²) in [6, 6.07) is 3.79. The van der Waals surface area contributed by atoms with E-state index in [9.17, 15) is 5.11 Å². The lowest BCUT2D eigenvalue weighted by Gasteiger charge is -2.12. The van der Waals surface area contributed by atoms with Crippen LogP contribution in [0.5, 0.6) is 0 Å². The number of ether oxygens (including phenoxy) is 1. The van der Waals surface area contributed by atoms with Gasteiger partial charge in [0.25, 0.3) is 0 Å². The van der Waals surface area contributed by atoms with Crippen LogP contribution in [0.25, 0.3) is 22.4 Å². The molecule has 7 nitrogen and oxygen atoms in total. The summed E-state index contributed by atoms with van der Waals surface area (Å²) in [6.45, 7) is 0.669. The first-order valence-corrected chi connectivity index (χ1v) is 7.03. The molecule has 3 rings (SSSR count). The summed E-state index contributed by atoms with van der Waals surface area (Å²) in [5.74, 6) is 0. The molecular formula is C15H17N5O2. The van der Waals surface area contributed by atoms with Crippen molar-refractivity contribution in [3.05, 3.63) is 37.2 Å². The Morgan fingerprint density at radius 2 is 2.05 bits per heavy atom. The number of fused-ring (bicyclic) bond motifs is 1. The zero-order chi connectivity index (χ0) is 15.4. The van der Waals surface area contributed by atoms with E-state index in [4.69, 9.17) is 4.74 Å². The first-order valence-electron chi connectivity index (χ1n) is 7.03. The van der Waals surface area contributed by atoms with Gasteiger partial charge in [-0.05, 0) is 18.6 Å². The largest absolute Gasteiger partial charge is 0.394 e. The van der Waals surface area contributed by atoms with E-state index in [1.54, 1.807) is 25.8 Å². The molecule has 1 N–H and O–H groups in total. The van der Waals surface area contributed by atoms with E-state index in [-0.39, 0.29) is 12.7 Å². The molecule has 0 aliphatic heterocycles. The summed E-state index contributed by atoms with van der Waals surface area (Å²) in [7, 11) is 1.59. The van der Waals surface area contributed by atoms with Gasteiger partial charge in [0.2, 0.25) is 0 Å². The van der Waals surface area contributed by atoms with Gasteiger partial charge in [0.15, 0.2) is 5.65 Å². The van der Waals surface area contributed by atoms with Gasteiger partial charge in [0.1, 0.15) is 17.5 Å². The second-order valence-corrected chi connectivity index (χ2v) is 4.90. The van der Waals surface area contributed by atoms with Gasteiger partial charge >= 0.3 is 0 Å². The lowest BCUT2D eigenvalue weighted by atomic mass is 10.2. The summed E-state index contributed by atoms with van der Waals surface area (Å²) in [5.41, 5.74) is 3.27. The fraction of sp³-hybridized carbons (Fsp3) is 0.333. The summed E-state index contributed by atoms with van der Waals surface area (Å²) in [5, 5.41) is 9.18. The minimum absolute atomic E-state index is 0.000376. The molecule has 7 heteroatoms. The molecule has 3 aromatic heterocycles. The number of nitrogens with zero attached hydrogens (tertiary/aromatic N) is 5. The summed E-state index contributed by atoms with van der Waals surface area (Å²) >= 11 is 0. The van der Waals surface area contributed by atoms with E-state index in [2.05, 4.69) is 19.9 Å². The third-order valence-electron chi connectivity index (χ3n) is 3.58. The summed E-state index contributed by atoms with van der Waals surface area (Å²) < 4.78 is 7.13. The highest BCUT2D eigenvalue weighted by Crippen LogP contribution is 2.23. The molecule has 0 aliphatic carbocycles. The molecule has 0 amide bonds. The van der Waals surface area contributed by atoms with Crippen molar-refractivity contribution in [2.75, 3.05) is 13.7 Å². The number of aromatic nitrogens is 5. The van der Waals surface area contributed by atoms with Crippen molar-refractivity contribution in [3.63, 3.8) is 0 Å². The number of rotatable bonds is 6. The minimum atomic E-state index is -0.182.